The third-order valence-electron chi connectivity index (χ3n) is 4.81. The number of benzene rings is 1. The lowest BCUT2D eigenvalue weighted by atomic mass is 9.99. The minimum absolute atomic E-state index is 0.0873. The SMILES string of the molecule is O=C(NCc1ccccn1)c1cc(C(=O)N2CCc3ccccc3C2)ccn1. The Hall–Kier alpha value is -3.54. The van der Waals surface area contributed by atoms with Gasteiger partial charge < -0.3 is 10.2 Å². The van der Waals surface area contributed by atoms with Gasteiger partial charge in [0, 0.05) is 31.0 Å². The van der Waals surface area contributed by atoms with Crippen LogP contribution < -0.4 is 5.32 Å². The average Bonchev–Trinajstić information content (AvgIpc) is 2.77. The minimum Gasteiger partial charge on any atom is -0.345 e. The van der Waals surface area contributed by atoms with E-state index in [2.05, 4.69) is 27.4 Å². The summed E-state index contributed by atoms with van der Waals surface area (Å²) in [6.07, 6.45) is 4.01. The van der Waals surface area contributed by atoms with Crippen LogP contribution in [0.25, 0.3) is 0 Å². The van der Waals surface area contributed by atoms with Gasteiger partial charge in [-0.2, -0.15) is 0 Å². The first-order valence-electron chi connectivity index (χ1n) is 9.21. The predicted octanol–water partition coefficient (Wildman–Crippen LogP) is 2.61. The monoisotopic (exact) mass is 372 g/mol. The fourth-order valence-electron chi connectivity index (χ4n) is 3.30. The summed E-state index contributed by atoms with van der Waals surface area (Å²) in [5.41, 5.74) is 3.91. The molecular weight excluding hydrogens is 352 g/mol. The van der Waals surface area contributed by atoms with Gasteiger partial charge in [0.15, 0.2) is 0 Å². The molecule has 3 aromatic rings. The van der Waals surface area contributed by atoms with Crippen LogP contribution in [-0.2, 0) is 19.5 Å². The molecular formula is C22H20N4O2. The van der Waals surface area contributed by atoms with E-state index < -0.39 is 0 Å². The first kappa shape index (κ1) is 17.9. The fraction of sp³-hybridized carbons (Fsp3) is 0.182. The summed E-state index contributed by atoms with van der Waals surface area (Å²) < 4.78 is 0. The molecule has 0 radical (unpaired) electrons. The van der Waals surface area contributed by atoms with Crippen molar-refractivity contribution >= 4 is 11.8 Å². The zero-order chi connectivity index (χ0) is 19.3. The Morgan fingerprint density at radius 1 is 0.964 bits per heavy atom. The maximum Gasteiger partial charge on any atom is 0.270 e. The van der Waals surface area contributed by atoms with Gasteiger partial charge in [-0.05, 0) is 41.8 Å². The zero-order valence-electron chi connectivity index (χ0n) is 15.3. The Kier molecular flexibility index (Phi) is 5.10. The van der Waals surface area contributed by atoms with Gasteiger partial charge in [-0.25, -0.2) is 0 Å². The van der Waals surface area contributed by atoms with E-state index in [4.69, 9.17) is 0 Å². The van der Waals surface area contributed by atoms with E-state index in [1.54, 1.807) is 18.3 Å². The second-order valence-electron chi connectivity index (χ2n) is 6.68. The zero-order valence-corrected chi connectivity index (χ0v) is 15.3. The van der Waals surface area contributed by atoms with Crippen LogP contribution in [0.3, 0.4) is 0 Å². The molecule has 6 heteroatoms. The van der Waals surface area contributed by atoms with Crippen LogP contribution in [0.4, 0.5) is 0 Å². The second-order valence-corrected chi connectivity index (χ2v) is 6.68. The highest BCUT2D eigenvalue weighted by Gasteiger charge is 2.22. The summed E-state index contributed by atoms with van der Waals surface area (Å²) in [5.74, 6) is -0.417. The number of amides is 2. The van der Waals surface area contributed by atoms with Crippen molar-refractivity contribution in [1.82, 2.24) is 20.2 Å². The molecule has 0 spiro atoms. The van der Waals surface area contributed by atoms with E-state index >= 15 is 0 Å². The summed E-state index contributed by atoms with van der Waals surface area (Å²) in [7, 11) is 0. The molecule has 0 saturated heterocycles. The Morgan fingerprint density at radius 3 is 2.61 bits per heavy atom. The van der Waals surface area contributed by atoms with Crippen LogP contribution in [0.15, 0.2) is 67.0 Å². The van der Waals surface area contributed by atoms with Crippen molar-refractivity contribution in [2.75, 3.05) is 6.54 Å². The maximum atomic E-state index is 12.9. The number of nitrogens with one attached hydrogen (secondary N) is 1. The largest absolute Gasteiger partial charge is 0.345 e. The topological polar surface area (TPSA) is 75.2 Å². The van der Waals surface area contributed by atoms with Crippen molar-refractivity contribution in [3.05, 3.63) is 95.1 Å². The van der Waals surface area contributed by atoms with Crippen LogP contribution >= 0.6 is 0 Å². The summed E-state index contributed by atoms with van der Waals surface area (Å²) in [6, 6.07) is 16.9. The van der Waals surface area contributed by atoms with E-state index in [1.807, 2.05) is 35.2 Å². The molecule has 28 heavy (non-hydrogen) atoms. The third-order valence-corrected chi connectivity index (χ3v) is 4.81. The van der Waals surface area contributed by atoms with Gasteiger partial charge in [0.05, 0.1) is 12.2 Å². The summed E-state index contributed by atoms with van der Waals surface area (Å²) in [6.45, 7) is 1.56. The minimum atomic E-state index is -0.329. The molecule has 140 valence electrons. The Labute approximate surface area is 163 Å². The number of carbonyl (C=O) groups excluding carboxylic acids is 2. The molecule has 1 aromatic carbocycles. The number of fused-ring (bicyclic) bond motifs is 1. The van der Waals surface area contributed by atoms with Crippen LogP contribution in [0.1, 0.15) is 37.7 Å². The lowest BCUT2D eigenvalue weighted by Gasteiger charge is -2.29. The van der Waals surface area contributed by atoms with Crippen LogP contribution in [-0.4, -0.2) is 33.2 Å². The standard InChI is InChI=1S/C22H20N4O2/c27-21(25-14-19-7-3-4-10-23-19)20-13-17(8-11-24-20)22(28)26-12-9-16-5-1-2-6-18(16)15-26/h1-8,10-11,13H,9,12,14-15H2,(H,25,27). The van der Waals surface area contributed by atoms with Gasteiger partial charge in [0.1, 0.15) is 5.69 Å². The number of nitrogens with zero attached hydrogens (tertiary/aromatic N) is 3. The molecule has 6 nitrogen and oxygen atoms in total. The van der Waals surface area contributed by atoms with Crippen molar-refractivity contribution in [2.24, 2.45) is 0 Å². The molecule has 4 rings (SSSR count). The third kappa shape index (κ3) is 3.91. The van der Waals surface area contributed by atoms with Gasteiger partial charge in [-0.1, -0.05) is 30.3 Å². The van der Waals surface area contributed by atoms with Crippen molar-refractivity contribution in [1.29, 1.82) is 0 Å². The first-order chi connectivity index (χ1) is 13.7. The van der Waals surface area contributed by atoms with E-state index in [9.17, 15) is 9.59 Å². The molecule has 0 fully saturated rings. The molecule has 0 unspecified atom stereocenters. The maximum absolute atomic E-state index is 12.9. The molecule has 0 atom stereocenters. The normalized spacial score (nSPS) is 12.9. The van der Waals surface area contributed by atoms with E-state index in [0.717, 1.165) is 12.1 Å². The second kappa shape index (κ2) is 8.00. The average molecular weight is 372 g/mol. The predicted molar refractivity (Wildman–Crippen MR) is 105 cm³/mol. The Balaban J connectivity index is 1.44. The highest BCUT2D eigenvalue weighted by atomic mass is 16.2. The fourth-order valence-corrected chi connectivity index (χ4v) is 3.30. The molecule has 1 N–H and O–H groups in total. The van der Waals surface area contributed by atoms with Gasteiger partial charge in [0.2, 0.25) is 0 Å². The summed E-state index contributed by atoms with van der Waals surface area (Å²) in [5, 5.41) is 2.79. The molecule has 0 aliphatic carbocycles. The van der Waals surface area contributed by atoms with Crippen LogP contribution in [0, 0.1) is 0 Å². The number of pyridine rings is 2. The smallest absolute Gasteiger partial charge is 0.270 e. The van der Waals surface area contributed by atoms with Crippen molar-refractivity contribution in [3.8, 4) is 0 Å². The Morgan fingerprint density at radius 2 is 1.79 bits per heavy atom. The van der Waals surface area contributed by atoms with E-state index in [0.29, 0.717) is 25.2 Å². The van der Waals surface area contributed by atoms with Crippen molar-refractivity contribution < 1.29 is 9.59 Å². The lowest BCUT2D eigenvalue weighted by molar-refractivity contribution is 0.0734. The highest BCUT2D eigenvalue weighted by Crippen LogP contribution is 2.20. The lowest BCUT2D eigenvalue weighted by Crippen LogP contribution is -2.36. The molecule has 3 heterocycles. The molecule has 2 aromatic heterocycles. The number of hydrogen-bond acceptors (Lipinski definition) is 4. The van der Waals surface area contributed by atoms with E-state index in [1.165, 1.54) is 17.3 Å². The van der Waals surface area contributed by atoms with Gasteiger partial charge in [-0.3, -0.25) is 19.6 Å². The highest BCUT2D eigenvalue weighted by molar-refractivity contribution is 5.98. The first-order valence-corrected chi connectivity index (χ1v) is 9.21. The quantitative estimate of drug-likeness (QED) is 0.764. The van der Waals surface area contributed by atoms with Gasteiger partial charge in [-0.15, -0.1) is 0 Å². The molecule has 0 bridgehead atoms. The summed E-state index contributed by atoms with van der Waals surface area (Å²) in [4.78, 5) is 35.4. The van der Waals surface area contributed by atoms with Crippen molar-refractivity contribution in [3.63, 3.8) is 0 Å². The van der Waals surface area contributed by atoms with Gasteiger partial charge in [0.25, 0.3) is 11.8 Å². The van der Waals surface area contributed by atoms with Crippen molar-refractivity contribution in [2.45, 2.75) is 19.5 Å². The molecule has 1 aliphatic rings. The summed E-state index contributed by atoms with van der Waals surface area (Å²) >= 11 is 0. The number of aromatic nitrogens is 2. The Bertz CT molecular complexity index is 1000. The van der Waals surface area contributed by atoms with Crippen LogP contribution in [0.5, 0.6) is 0 Å². The molecule has 1 aliphatic heterocycles. The van der Waals surface area contributed by atoms with Crippen LogP contribution in [0.2, 0.25) is 0 Å². The number of carbonyl (C=O) groups is 2. The molecule has 2 amide bonds. The molecule has 0 saturated carbocycles. The van der Waals surface area contributed by atoms with Gasteiger partial charge >= 0.3 is 0 Å². The van der Waals surface area contributed by atoms with E-state index in [-0.39, 0.29) is 17.5 Å². The number of hydrogen-bond donors (Lipinski definition) is 1. The number of rotatable bonds is 4.